The minimum Gasteiger partial charge on any atom is -0.380 e. The van der Waals surface area contributed by atoms with Gasteiger partial charge in [-0.25, -0.2) is 0 Å². The third-order valence-corrected chi connectivity index (χ3v) is 5.14. The van der Waals surface area contributed by atoms with Crippen LogP contribution < -0.4 is 5.32 Å². The number of nitrogens with one attached hydrogen (secondary N) is 1. The Balaban J connectivity index is 1.84. The van der Waals surface area contributed by atoms with Gasteiger partial charge in [-0.3, -0.25) is 0 Å². The van der Waals surface area contributed by atoms with E-state index in [0.717, 1.165) is 31.0 Å². The Hall–Kier alpha value is -0.120. The second kappa shape index (κ2) is 7.61. The molecule has 3 heteroatoms. The van der Waals surface area contributed by atoms with Crippen molar-refractivity contribution in [2.45, 2.75) is 58.1 Å². The van der Waals surface area contributed by atoms with Gasteiger partial charge in [-0.15, -0.1) is 0 Å². The van der Waals surface area contributed by atoms with E-state index >= 15 is 0 Å². The number of hydrogen-bond acceptors (Lipinski definition) is 3. The third-order valence-electron chi connectivity index (χ3n) is 5.14. The largest absolute Gasteiger partial charge is 0.380 e. The first-order valence-electron chi connectivity index (χ1n) is 8.23. The summed E-state index contributed by atoms with van der Waals surface area (Å²) in [5, 5.41) is 3.70. The van der Waals surface area contributed by atoms with Crippen LogP contribution in [0.5, 0.6) is 0 Å². The third kappa shape index (κ3) is 4.17. The lowest BCUT2D eigenvalue weighted by atomic mass is 9.83. The highest BCUT2D eigenvalue weighted by molar-refractivity contribution is 4.86. The van der Waals surface area contributed by atoms with Gasteiger partial charge in [0.1, 0.15) is 0 Å². The van der Waals surface area contributed by atoms with Crippen LogP contribution in [-0.2, 0) is 4.74 Å². The number of piperidine rings is 1. The minimum atomic E-state index is 0.440. The summed E-state index contributed by atoms with van der Waals surface area (Å²) in [6.07, 6.45) is 7.33. The molecular weight excluding hydrogens is 236 g/mol. The standard InChI is InChI=1S/C16H32N2O/c1-4-17-15-8-6-5-7-14(15)11-18-10-9-13(2)16(12-18)19-3/h13-17H,4-12H2,1-3H3. The fraction of sp³-hybridized carbons (Fsp3) is 1.00. The van der Waals surface area contributed by atoms with Gasteiger partial charge in [0.05, 0.1) is 6.10 Å². The predicted octanol–water partition coefficient (Wildman–Crippen LogP) is 2.51. The lowest BCUT2D eigenvalue weighted by Crippen LogP contribution is -2.49. The normalized spacial score (nSPS) is 37.4. The Bertz CT molecular complexity index is 257. The minimum absolute atomic E-state index is 0.440. The first kappa shape index (κ1) is 15.3. The smallest absolute Gasteiger partial charge is 0.0724 e. The number of methoxy groups -OCH3 is 1. The highest BCUT2D eigenvalue weighted by atomic mass is 16.5. The molecule has 1 saturated carbocycles. The fourth-order valence-electron chi connectivity index (χ4n) is 3.86. The summed E-state index contributed by atoms with van der Waals surface area (Å²) in [6.45, 7) is 9.33. The first-order chi connectivity index (χ1) is 9.24. The molecule has 1 aliphatic heterocycles. The quantitative estimate of drug-likeness (QED) is 0.829. The van der Waals surface area contributed by atoms with E-state index in [1.165, 1.54) is 45.2 Å². The molecule has 2 fully saturated rings. The maximum absolute atomic E-state index is 5.64. The maximum Gasteiger partial charge on any atom is 0.0724 e. The number of likely N-dealkylation sites (tertiary alicyclic amines) is 1. The van der Waals surface area contributed by atoms with Gasteiger partial charge in [0.25, 0.3) is 0 Å². The lowest BCUT2D eigenvalue weighted by molar-refractivity contribution is -0.0126. The van der Waals surface area contributed by atoms with Gasteiger partial charge in [0.2, 0.25) is 0 Å². The highest BCUT2D eigenvalue weighted by Gasteiger charge is 2.30. The summed E-state index contributed by atoms with van der Waals surface area (Å²) < 4.78 is 5.64. The Kier molecular flexibility index (Phi) is 6.11. The van der Waals surface area contributed by atoms with Crippen molar-refractivity contribution in [3.8, 4) is 0 Å². The van der Waals surface area contributed by atoms with Crippen LogP contribution in [0.15, 0.2) is 0 Å². The van der Waals surface area contributed by atoms with Crippen LogP contribution in [0.25, 0.3) is 0 Å². The van der Waals surface area contributed by atoms with Gasteiger partial charge in [-0.2, -0.15) is 0 Å². The fourth-order valence-corrected chi connectivity index (χ4v) is 3.86. The zero-order valence-corrected chi connectivity index (χ0v) is 13.0. The Morgan fingerprint density at radius 3 is 2.74 bits per heavy atom. The molecule has 1 N–H and O–H groups in total. The molecule has 0 spiro atoms. The van der Waals surface area contributed by atoms with Crippen molar-refractivity contribution in [3.05, 3.63) is 0 Å². The molecule has 4 unspecified atom stereocenters. The molecule has 0 radical (unpaired) electrons. The van der Waals surface area contributed by atoms with E-state index in [1.807, 2.05) is 7.11 Å². The van der Waals surface area contributed by atoms with Crippen molar-refractivity contribution >= 4 is 0 Å². The summed E-state index contributed by atoms with van der Waals surface area (Å²) in [5.74, 6) is 1.57. The number of rotatable bonds is 5. The maximum atomic E-state index is 5.64. The molecule has 0 aromatic rings. The monoisotopic (exact) mass is 268 g/mol. The van der Waals surface area contributed by atoms with E-state index < -0.39 is 0 Å². The van der Waals surface area contributed by atoms with E-state index in [2.05, 4.69) is 24.1 Å². The van der Waals surface area contributed by atoms with Crippen LogP contribution in [0.3, 0.4) is 0 Å². The van der Waals surface area contributed by atoms with E-state index in [-0.39, 0.29) is 0 Å². The van der Waals surface area contributed by atoms with Gasteiger partial charge in [-0.1, -0.05) is 26.7 Å². The predicted molar refractivity (Wildman–Crippen MR) is 80.4 cm³/mol. The molecule has 0 aromatic heterocycles. The van der Waals surface area contributed by atoms with E-state index in [0.29, 0.717) is 6.10 Å². The molecule has 19 heavy (non-hydrogen) atoms. The van der Waals surface area contributed by atoms with E-state index in [1.54, 1.807) is 0 Å². The average molecular weight is 268 g/mol. The summed E-state index contributed by atoms with van der Waals surface area (Å²) in [7, 11) is 1.87. The second-order valence-corrected chi connectivity index (χ2v) is 6.51. The van der Waals surface area contributed by atoms with E-state index in [9.17, 15) is 0 Å². The van der Waals surface area contributed by atoms with Crippen molar-refractivity contribution in [2.75, 3.05) is 33.3 Å². The molecule has 0 bridgehead atoms. The molecule has 0 aromatic carbocycles. The highest BCUT2D eigenvalue weighted by Crippen LogP contribution is 2.27. The van der Waals surface area contributed by atoms with Crippen LogP contribution in [0, 0.1) is 11.8 Å². The Morgan fingerprint density at radius 1 is 1.21 bits per heavy atom. The second-order valence-electron chi connectivity index (χ2n) is 6.51. The van der Waals surface area contributed by atoms with Crippen LogP contribution in [0.4, 0.5) is 0 Å². The number of ether oxygens (including phenoxy) is 1. The summed E-state index contributed by atoms with van der Waals surface area (Å²) in [4.78, 5) is 2.65. The van der Waals surface area contributed by atoms with Gasteiger partial charge in [0, 0.05) is 26.2 Å². The molecule has 0 amide bonds. The molecular formula is C16H32N2O. The molecule has 1 aliphatic carbocycles. The lowest BCUT2D eigenvalue weighted by Gasteiger charge is -2.41. The van der Waals surface area contributed by atoms with Crippen molar-refractivity contribution < 1.29 is 4.74 Å². The zero-order chi connectivity index (χ0) is 13.7. The van der Waals surface area contributed by atoms with Crippen molar-refractivity contribution in [3.63, 3.8) is 0 Å². The number of hydrogen-bond donors (Lipinski definition) is 1. The molecule has 3 nitrogen and oxygen atoms in total. The molecule has 112 valence electrons. The van der Waals surface area contributed by atoms with Crippen LogP contribution >= 0.6 is 0 Å². The van der Waals surface area contributed by atoms with Crippen LogP contribution in [-0.4, -0.2) is 50.3 Å². The van der Waals surface area contributed by atoms with Gasteiger partial charge in [-0.05, 0) is 44.2 Å². The SMILES string of the molecule is CCNC1CCCCC1CN1CCC(C)C(OC)C1. The topological polar surface area (TPSA) is 24.5 Å². The molecule has 4 atom stereocenters. The van der Waals surface area contributed by atoms with Crippen molar-refractivity contribution in [1.29, 1.82) is 0 Å². The van der Waals surface area contributed by atoms with Crippen molar-refractivity contribution in [1.82, 2.24) is 10.2 Å². The molecule has 1 saturated heterocycles. The summed E-state index contributed by atoms with van der Waals surface area (Å²) in [5.41, 5.74) is 0. The molecule has 2 rings (SSSR count). The zero-order valence-electron chi connectivity index (χ0n) is 13.0. The first-order valence-corrected chi connectivity index (χ1v) is 8.23. The Labute approximate surface area is 119 Å². The average Bonchev–Trinajstić information content (AvgIpc) is 2.43. The van der Waals surface area contributed by atoms with Gasteiger partial charge >= 0.3 is 0 Å². The summed E-state index contributed by atoms with van der Waals surface area (Å²) in [6, 6.07) is 0.749. The van der Waals surface area contributed by atoms with E-state index in [4.69, 9.17) is 4.74 Å². The van der Waals surface area contributed by atoms with Crippen LogP contribution in [0.1, 0.15) is 46.0 Å². The molecule has 1 heterocycles. The Morgan fingerprint density at radius 2 is 2.00 bits per heavy atom. The van der Waals surface area contributed by atoms with Crippen molar-refractivity contribution in [2.24, 2.45) is 11.8 Å². The number of nitrogens with zero attached hydrogens (tertiary/aromatic N) is 1. The van der Waals surface area contributed by atoms with Gasteiger partial charge in [0.15, 0.2) is 0 Å². The van der Waals surface area contributed by atoms with Crippen LogP contribution in [0.2, 0.25) is 0 Å². The van der Waals surface area contributed by atoms with Gasteiger partial charge < -0.3 is 15.0 Å². The summed E-state index contributed by atoms with van der Waals surface area (Å²) >= 11 is 0. The molecule has 2 aliphatic rings.